The predicted octanol–water partition coefficient (Wildman–Crippen LogP) is 2.04. The van der Waals surface area contributed by atoms with Crippen LogP contribution in [0.5, 0.6) is 0 Å². The highest BCUT2D eigenvalue weighted by Crippen LogP contribution is 2.15. The Hall–Kier alpha value is -1.62. The minimum Gasteiger partial charge on any atom is -0.365 e. The van der Waals surface area contributed by atoms with Gasteiger partial charge in [-0.1, -0.05) is 15.9 Å². The number of nitrogens with zero attached hydrogens (tertiary/aromatic N) is 2. The molecular weight excluding hydrogens is 270 g/mol. The lowest BCUT2D eigenvalue weighted by Crippen LogP contribution is -2.11. The molecule has 1 amide bonds. The number of halogens is 1. The van der Waals surface area contributed by atoms with E-state index >= 15 is 0 Å². The lowest BCUT2D eigenvalue weighted by atomic mass is 10.2. The zero-order valence-electron chi connectivity index (χ0n) is 8.64. The average molecular weight is 280 g/mol. The number of carbonyl (C=O) groups is 1. The first-order chi connectivity index (χ1) is 7.58. The summed E-state index contributed by atoms with van der Waals surface area (Å²) >= 11 is 3.36. The zero-order valence-corrected chi connectivity index (χ0v) is 10.2. The number of carbonyl (C=O) groups excluding carboxylic acids is 1. The Morgan fingerprint density at radius 2 is 2.00 bits per heavy atom. The number of amides is 1. The lowest BCUT2D eigenvalue weighted by molar-refractivity contribution is 0.0999. The van der Waals surface area contributed by atoms with E-state index in [0.29, 0.717) is 11.3 Å². The van der Waals surface area contributed by atoms with E-state index in [0.717, 1.165) is 10.2 Å². The van der Waals surface area contributed by atoms with Crippen molar-refractivity contribution in [2.24, 2.45) is 5.73 Å². The van der Waals surface area contributed by atoms with Crippen molar-refractivity contribution in [1.29, 1.82) is 0 Å². The van der Waals surface area contributed by atoms with Crippen molar-refractivity contribution < 1.29 is 4.79 Å². The first-order valence-electron chi connectivity index (χ1n) is 4.70. The second-order valence-corrected chi connectivity index (χ2v) is 4.33. The Morgan fingerprint density at radius 3 is 2.50 bits per heavy atom. The van der Waals surface area contributed by atoms with Gasteiger partial charge in [0, 0.05) is 10.7 Å². The molecule has 2 N–H and O–H groups in total. The molecule has 0 spiro atoms. The molecule has 1 heterocycles. The molecular formula is C11H10BrN3O. The molecule has 0 aliphatic heterocycles. The summed E-state index contributed by atoms with van der Waals surface area (Å²) in [5.41, 5.74) is 7.20. The van der Waals surface area contributed by atoms with E-state index in [-0.39, 0.29) is 0 Å². The summed E-state index contributed by atoms with van der Waals surface area (Å²) in [6, 6.07) is 7.63. The second-order valence-electron chi connectivity index (χ2n) is 3.41. The number of hydrogen-bond donors (Lipinski definition) is 1. The van der Waals surface area contributed by atoms with Gasteiger partial charge in [0.1, 0.15) is 0 Å². The monoisotopic (exact) mass is 279 g/mol. The van der Waals surface area contributed by atoms with Crippen LogP contribution in [0.3, 0.4) is 0 Å². The molecule has 0 bridgehead atoms. The van der Waals surface area contributed by atoms with Crippen molar-refractivity contribution in [3.05, 3.63) is 46.2 Å². The summed E-state index contributed by atoms with van der Waals surface area (Å²) in [6.07, 6.45) is 1.64. The van der Waals surface area contributed by atoms with Gasteiger partial charge in [-0.15, -0.1) is 0 Å². The maximum Gasteiger partial charge on any atom is 0.252 e. The molecule has 4 nitrogen and oxygen atoms in total. The molecule has 5 heteroatoms. The number of aryl methyl sites for hydroxylation is 1. The van der Waals surface area contributed by atoms with E-state index in [9.17, 15) is 4.79 Å². The maximum absolute atomic E-state index is 11.1. The van der Waals surface area contributed by atoms with Crippen LogP contribution in [0.15, 0.2) is 34.9 Å². The average Bonchev–Trinajstić information content (AvgIpc) is 2.61. The minimum atomic E-state index is -0.458. The van der Waals surface area contributed by atoms with Crippen molar-refractivity contribution in [3.8, 4) is 5.69 Å². The summed E-state index contributed by atoms with van der Waals surface area (Å²) in [6.45, 7) is 1.76. The van der Waals surface area contributed by atoms with Crippen molar-refractivity contribution >= 4 is 21.8 Å². The molecule has 2 aromatic rings. The van der Waals surface area contributed by atoms with Crippen molar-refractivity contribution in [1.82, 2.24) is 9.78 Å². The quantitative estimate of drug-likeness (QED) is 0.915. The SMILES string of the molecule is Cc1nn(-c2ccc(Br)cc2)cc1C(N)=O. The second kappa shape index (κ2) is 4.09. The number of hydrogen-bond acceptors (Lipinski definition) is 2. The van der Waals surface area contributed by atoms with Gasteiger partial charge in [-0.2, -0.15) is 5.10 Å². The van der Waals surface area contributed by atoms with E-state index in [2.05, 4.69) is 21.0 Å². The van der Waals surface area contributed by atoms with Crippen LogP contribution >= 0.6 is 15.9 Å². The van der Waals surface area contributed by atoms with Crippen molar-refractivity contribution in [2.75, 3.05) is 0 Å². The fourth-order valence-electron chi connectivity index (χ4n) is 1.43. The molecule has 0 unspecified atom stereocenters. The van der Waals surface area contributed by atoms with Gasteiger partial charge >= 0.3 is 0 Å². The van der Waals surface area contributed by atoms with Gasteiger partial charge in [-0.3, -0.25) is 4.79 Å². The molecule has 82 valence electrons. The molecule has 2 rings (SSSR count). The maximum atomic E-state index is 11.1. The summed E-state index contributed by atoms with van der Waals surface area (Å²) in [5.74, 6) is -0.458. The Kier molecular flexibility index (Phi) is 2.78. The number of rotatable bonds is 2. The third kappa shape index (κ3) is 1.99. The van der Waals surface area contributed by atoms with Crippen LogP contribution in [0.1, 0.15) is 16.1 Å². The summed E-state index contributed by atoms with van der Waals surface area (Å²) < 4.78 is 2.64. The van der Waals surface area contributed by atoms with E-state index in [1.165, 1.54) is 0 Å². The summed E-state index contributed by atoms with van der Waals surface area (Å²) in [4.78, 5) is 11.1. The molecule has 0 atom stereocenters. The Balaban J connectivity index is 2.45. The number of nitrogens with two attached hydrogens (primary N) is 1. The van der Waals surface area contributed by atoms with E-state index in [1.807, 2.05) is 24.3 Å². The van der Waals surface area contributed by atoms with E-state index in [1.54, 1.807) is 17.8 Å². The molecule has 0 radical (unpaired) electrons. The van der Waals surface area contributed by atoms with Gasteiger partial charge in [-0.05, 0) is 31.2 Å². The predicted molar refractivity (Wildman–Crippen MR) is 64.5 cm³/mol. The van der Waals surface area contributed by atoms with Gasteiger partial charge in [0.25, 0.3) is 5.91 Å². The first-order valence-corrected chi connectivity index (χ1v) is 5.49. The third-order valence-corrected chi connectivity index (χ3v) is 2.78. The summed E-state index contributed by atoms with van der Waals surface area (Å²) in [7, 11) is 0. The molecule has 16 heavy (non-hydrogen) atoms. The first kappa shape index (κ1) is 10.9. The van der Waals surface area contributed by atoms with Crippen LogP contribution in [0.25, 0.3) is 5.69 Å². The standard InChI is InChI=1S/C11H10BrN3O/c1-7-10(11(13)16)6-15(14-7)9-4-2-8(12)3-5-9/h2-6H,1H3,(H2,13,16). The highest BCUT2D eigenvalue weighted by atomic mass is 79.9. The van der Waals surface area contributed by atoms with Crippen LogP contribution in [0.2, 0.25) is 0 Å². The van der Waals surface area contributed by atoms with Crippen LogP contribution in [0, 0.1) is 6.92 Å². The fourth-order valence-corrected chi connectivity index (χ4v) is 1.69. The minimum absolute atomic E-state index is 0.447. The smallest absolute Gasteiger partial charge is 0.252 e. The number of aromatic nitrogens is 2. The molecule has 0 fully saturated rings. The van der Waals surface area contributed by atoms with Crippen LogP contribution < -0.4 is 5.73 Å². The third-order valence-electron chi connectivity index (χ3n) is 2.26. The van der Waals surface area contributed by atoms with Gasteiger partial charge in [-0.25, -0.2) is 4.68 Å². The summed E-state index contributed by atoms with van der Waals surface area (Å²) in [5, 5.41) is 4.23. The molecule has 0 saturated heterocycles. The van der Waals surface area contributed by atoms with Crippen LogP contribution in [-0.4, -0.2) is 15.7 Å². The highest BCUT2D eigenvalue weighted by molar-refractivity contribution is 9.10. The van der Waals surface area contributed by atoms with Gasteiger partial charge in [0.2, 0.25) is 0 Å². The normalized spacial score (nSPS) is 10.4. The lowest BCUT2D eigenvalue weighted by Gasteiger charge is -2.00. The Labute approximate surface area is 101 Å². The molecule has 0 saturated carbocycles. The molecule has 0 aliphatic carbocycles. The van der Waals surface area contributed by atoms with Crippen LogP contribution in [-0.2, 0) is 0 Å². The Morgan fingerprint density at radius 1 is 1.38 bits per heavy atom. The highest BCUT2D eigenvalue weighted by Gasteiger charge is 2.10. The van der Waals surface area contributed by atoms with Gasteiger partial charge < -0.3 is 5.73 Å². The molecule has 1 aromatic carbocycles. The topological polar surface area (TPSA) is 60.9 Å². The number of benzene rings is 1. The molecule has 0 aliphatic rings. The van der Waals surface area contributed by atoms with E-state index in [4.69, 9.17) is 5.73 Å². The van der Waals surface area contributed by atoms with Crippen LogP contribution in [0.4, 0.5) is 0 Å². The van der Waals surface area contributed by atoms with Gasteiger partial charge in [0.15, 0.2) is 0 Å². The Bertz CT molecular complexity index is 531. The van der Waals surface area contributed by atoms with E-state index < -0.39 is 5.91 Å². The van der Waals surface area contributed by atoms with Gasteiger partial charge in [0.05, 0.1) is 16.9 Å². The molecule has 1 aromatic heterocycles. The van der Waals surface area contributed by atoms with Crippen molar-refractivity contribution in [2.45, 2.75) is 6.92 Å². The number of primary amides is 1. The largest absolute Gasteiger partial charge is 0.365 e. The zero-order chi connectivity index (χ0) is 11.7. The van der Waals surface area contributed by atoms with Crippen molar-refractivity contribution in [3.63, 3.8) is 0 Å². The fraction of sp³-hybridized carbons (Fsp3) is 0.0909.